The molecular weight excluding hydrogens is 324 g/mol. The molecule has 1 aromatic carbocycles. The molecule has 20 heavy (non-hydrogen) atoms. The van der Waals surface area contributed by atoms with Crippen LogP contribution in [0.5, 0.6) is 11.5 Å². The number of nitrogens with one attached hydrogen (secondary N) is 1. The predicted molar refractivity (Wildman–Crippen MR) is 81.0 cm³/mol. The van der Waals surface area contributed by atoms with Crippen LogP contribution in [0.4, 0.5) is 0 Å². The summed E-state index contributed by atoms with van der Waals surface area (Å²) in [6.45, 7) is 1.93. The maximum atomic E-state index is 8.75. The molecule has 1 heterocycles. The normalized spacial score (nSPS) is 14.6. The van der Waals surface area contributed by atoms with E-state index in [-0.39, 0.29) is 19.4 Å². The summed E-state index contributed by atoms with van der Waals surface area (Å²) >= 11 is 3.50. The SMILES string of the molecule is NCC(NCCCCCO)c1cc(Br)c2c(c1)OCO2. The molecule has 6 heteroatoms. The first-order valence-electron chi connectivity index (χ1n) is 6.89. The highest BCUT2D eigenvalue weighted by atomic mass is 79.9. The van der Waals surface area contributed by atoms with Crippen molar-refractivity contribution in [3.63, 3.8) is 0 Å². The van der Waals surface area contributed by atoms with Gasteiger partial charge in [-0.3, -0.25) is 0 Å². The molecule has 1 unspecified atom stereocenters. The Labute approximate surface area is 127 Å². The van der Waals surface area contributed by atoms with Gasteiger partial charge in [0.1, 0.15) is 0 Å². The fourth-order valence-electron chi connectivity index (χ4n) is 2.22. The fourth-order valence-corrected chi connectivity index (χ4v) is 2.79. The Bertz CT molecular complexity index is 443. The lowest BCUT2D eigenvalue weighted by Crippen LogP contribution is -2.29. The summed E-state index contributed by atoms with van der Waals surface area (Å²) in [6, 6.07) is 4.09. The molecule has 5 nitrogen and oxygen atoms in total. The van der Waals surface area contributed by atoms with Crippen LogP contribution in [0.25, 0.3) is 0 Å². The molecule has 2 rings (SSSR count). The lowest BCUT2D eigenvalue weighted by atomic mass is 10.1. The Balaban J connectivity index is 1.95. The van der Waals surface area contributed by atoms with Crippen LogP contribution in [0.2, 0.25) is 0 Å². The summed E-state index contributed by atoms with van der Waals surface area (Å²) in [6.07, 6.45) is 2.90. The van der Waals surface area contributed by atoms with Crippen LogP contribution in [0.15, 0.2) is 16.6 Å². The number of unbranched alkanes of at least 4 members (excludes halogenated alkanes) is 2. The Morgan fingerprint density at radius 2 is 2.15 bits per heavy atom. The quantitative estimate of drug-likeness (QED) is 0.628. The van der Waals surface area contributed by atoms with Crippen molar-refractivity contribution in [1.82, 2.24) is 5.32 Å². The summed E-state index contributed by atoms with van der Waals surface area (Å²) in [5.74, 6) is 1.52. The summed E-state index contributed by atoms with van der Waals surface area (Å²) in [4.78, 5) is 0. The molecule has 0 amide bonds. The van der Waals surface area contributed by atoms with E-state index in [1.165, 1.54) is 0 Å². The van der Waals surface area contributed by atoms with E-state index in [4.69, 9.17) is 20.3 Å². The van der Waals surface area contributed by atoms with Gasteiger partial charge in [-0.15, -0.1) is 0 Å². The van der Waals surface area contributed by atoms with Crippen LogP contribution in [0.3, 0.4) is 0 Å². The first-order valence-corrected chi connectivity index (χ1v) is 7.69. The molecule has 0 aliphatic carbocycles. The van der Waals surface area contributed by atoms with Crippen molar-refractivity contribution in [1.29, 1.82) is 0 Å². The van der Waals surface area contributed by atoms with Crippen molar-refractivity contribution >= 4 is 15.9 Å². The van der Waals surface area contributed by atoms with E-state index in [0.29, 0.717) is 6.54 Å². The zero-order chi connectivity index (χ0) is 14.4. The first kappa shape index (κ1) is 15.6. The minimum Gasteiger partial charge on any atom is -0.454 e. The molecule has 1 aliphatic heterocycles. The molecule has 1 aliphatic rings. The number of aliphatic hydroxyl groups is 1. The largest absolute Gasteiger partial charge is 0.454 e. The van der Waals surface area contributed by atoms with Gasteiger partial charge in [0.05, 0.1) is 4.47 Å². The molecule has 0 spiro atoms. The highest BCUT2D eigenvalue weighted by Gasteiger charge is 2.20. The molecular formula is C14H21BrN2O3. The molecule has 0 bridgehead atoms. The Morgan fingerprint density at radius 3 is 2.90 bits per heavy atom. The average Bonchev–Trinajstić information content (AvgIpc) is 2.92. The number of hydrogen-bond donors (Lipinski definition) is 3. The van der Waals surface area contributed by atoms with E-state index in [2.05, 4.69) is 21.2 Å². The standard InChI is InChI=1S/C14H21BrN2O3/c15-11-6-10(7-13-14(11)20-9-19-13)12(8-16)17-4-2-1-3-5-18/h6-7,12,17-18H,1-5,8-9,16H2. The van der Waals surface area contributed by atoms with Crippen molar-refractivity contribution < 1.29 is 14.6 Å². The minimum absolute atomic E-state index is 0.0925. The van der Waals surface area contributed by atoms with Gasteiger partial charge in [0, 0.05) is 19.2 Å². The van der Waals surface area contributed by atoms with Gasteiger partial charge in [-0.2, -0.15) is 0 Å². The maximum Gasteiger partial charge on any atom is 0.231 e. The smallest absolute Gasteiger partial charge is 0.231 e. The van der Waals surface area contributed by atoms with Gasteiger partial charge in [0.25, 0.3) is 0 Å². The first-order chi connectivity index (χ1) is 9.76. The van der Waals surface area contributed by atoms with Crippen molar-refractivity contribution in [3.8, 4) is 11.5 Å². The van der Waals surface area contributed by atoms with Gasteiger partial charge in [0.2, 0.25) is 6.79 Å². The van der Waals surface area contributed by atoms with Crippen LogP contribution in [-0.2, 0) is 0 Å². The second kappa shape index (κ2) is 7.83. The van der Waals surface area contributed by atoms with Gasteiger partial charge in [-0.05, 0) is 59.4 Å². The maximum absolute atomic E-state index is 8.75. The summed E-state index contributed by atoms with van der Waals surface area (Å²) < 4.78 is 11.7. The number of ether oxygens (including phenoxy) is 2. The van der Waals surface area contributed by atoms with Crippen LogP contribution in [-0.4, -0.2) is 31.6 Å². The third kappa shape index (κ3) is 3.85. The highest BCUT2D eigenvalue weighted by Crippen LogP contribution is 2.41. The molecule has 0 saturated carbocycles. The Hall–Kier alpha value is -0.820. The zero-order valence-electron chi connectivity index (χ0n) is 11.4. The number of benzene rings is 1. The number of nitrogens with two attached hydrogens (primary N) is 1. The van der Waals surface area contributed by atoms with Gasteiger partial charge in [0.15, 0.2) is 11.5 Å². The van der Waals surface area contributed by atoms with Gasteiger partial charge in [-0.1, -0.05) is 0 Å². The third-order valence-electron chi connectivity index (χ3n) is 3.31. The number of rotatable bonds is 8. The number of hydrogen-bond acceptors (Lipinski definition) is 5. The number of halogens is 1. The summed E-state index contributed by atoms with van der Waals surface area (Å²) in [5, 5.41) is 12.2. The monoisotopic (exact) mass is 344 g/mol. The van der Waals surface area contributed by atoms with Gasteiger partial charge in [-0.25, -0.2) is 0 Å². The molecule has 0 fully saturated rings. The van der Waals surface area contributed by atoms with E-state index in [1.807, 2.05) is 12.1 Å². The highest BCUT2D eigenvalue weighted by molar-refractivity contribution is 9.10. The van der Waals surface area contributed by atoms with E-state index in [9.17, 15) is 0 Å². The molecule has 0 saturated heterocycles. The molecule has 0 aromatic heterocycles. The molecule has 4 N–H and O–H groups in total. The van der Waals surface area contributed by atoms with Crippen LogP contribution >= 0.6 is 15.9 Å². The van der Waals surface area contributed by atoms with Gasteiger partial charge < -0.3 is 25.6 Å². The number of fused-ring (bicyclic) bond motifs is 1. The van der Waals surface area contributed by atoms with Crippen LogP contribution < -0.4 is 20.5 Å². The predicted octanol–water partition coefficient (Wildman–Crippen LogP) is 1.93. The van der Waals surface area contributed by atoms with Gasteiger partial charge >= 0.3 is 0 Å². The van der Waals surface area contributed by atoms with E-state index in [0.717, 1.165) is 47.3 Å². The van der Waals surface area contributed by atoms with Crippen molar-refractivity contribution in [2.45, 2.75) is 25.3 Å². The summed E-state index contributed by atoms with van der Waals surface area (Å²) in [7, 11) is 0. The number of aliphatic hydroxyl groups excluding tert-OH is 1. The van der Waals surface area contributed by atoms with Crippen LogP contribution in [0, 0.1) is 0 Å². The van der Waals surface area contributed by atoms with Crippen molar-refractivity contribution in [2.75, 3.05) is 26.5 Å². The minimum atomic E-state index is 0.0925. The van der Waals surface area contributed by atoms with Crippen molar-refractivity contribution in [2.24, 2.45) is 5.73 Å². The second-order valence-electron chi connectivity index (χ2n) is 4.76. The van der Waals surface area contributed by atoms with E-state index in [1.54, 1.807) is 0 Å². The summed E-state index contributed by atoms with van der Waals surface area (Å²) in [5.41, 5.74) is 6.94. The van der Waals surface area contributed by atoms with E-state index < -0.39 is 0 Å². The molecule has 1 aromatic rings. The zero-order valence-corrected chi connectivity index (χ0v) is 13.0. The molecule has 1 atom stereocenters. The lowest BCUT2D eigenvalue weighted by Gasteiger charge is -2.18. The van der Waals surface area contributed by atoms with Crippen LogP contribution in [0.1, 0.15) is 30.9 Å². The Morgan fingerprint density at radius 1 is 1.30 bits per heavy atom. The fraction of sp³-hybridized carbons (Fsp3) is 0.571. The van der Waals surface area contributed by atoms with Crippen molar-refractivity contribution in [3.05, 3.63) is 22.2 Å². The third-order valence-corrected chi connectivity index (χ3v) is 3.90. The molecule has 112 valence electrons. The average molecular weight is 345 g/mol. The second-order valence-corrected chi connectivity index (χ2v) is 5.62. The Kier molecular flexibility index (Phi) is 6.09. The van der Waals surface area contributed by atoms with E-state index >= 15 is 0 Å². The topological polar surface area (TPSA) is 76.7 Å². The molecule has 0 radical (unpaired) electrons. The lowest BCUT2D eigenvalue weighted by molar-refractivity contribution is 0.173.